The largest absolute Gasteiger partial charge is 1.00 e. The molecule has 42 heavy (non-hydrogen) atoms. The molecule has 0 aliphatic heterocycles. The molecule has 6 nitrogen and oxygen atoms in total. The van der Waals surface area contributed by atoms with Crippen molar-refractivity contribution in [2.24, 2.45) is 0 Å². The Bertz CT molecular complexity index is 1570. The van der Waals surface area contributed by atoms with Gasteiger partial charge in [-0.2, -0.15) is 0 Å². The second kappa shape index (κ2) is 14.2. The highest BCUT2D eigenvalue weighted by molar-refractivity contribution is 7.98. The number of rotatable bonds is 9. The third-order valence-electron chi connectivity index (χ3n) is 6.17. The maximum atomic E-state index is 15.0. The number of quaternary nitrogens is 1. The molecule has 0 amide bonds. The molecule has 3 aromatic carbocycles. The van der Waals surface area contributed by atoms with Crippen LogP contribution in [0.25, 0.3) is 5.69 Å². The standard InChI is InChI=1S/C31H32F3N4O2S.HI/c1-36(24-13-14-28(39-5)29(18-24)40-6)30-19-35-31(37(30)23-11-9-22(32)10-12-23)41-20-25-26(33)16-21(17-27(25)34)8-7-15-38(2,3)4;/h9-14,16-19H,15,20H2,1-6H3;1H/q+1;/p-1. The van der Waals surface area contributed by atoms with E-state index in [1.807, 2.05) is 45.2 Å². The maximum Gasteiger partial charge on any atom is 0.174 e. The molecule has 0 aliphatic carbocycles. The molecule has 0 N–H and O–H groups in total. The molecule has 222 valence electrons. The first-order chi connectivity index (χ1) is 19.5. The van der Waals surface area contributed by atoms with Crippen molar-refractivity contribution in [3.05, 3.63) is 89.4 Å². The fraction of sp³-hybridized carbons (Fsp3) is 0.258. The van der Waals surface area contributed by atoms with Crippen molar-refractivity contribution in [2.75, 3.05) is 53.9 Å². The van der Waals surface area contributed by atoms with Crippen LogP contribution in [0, 0.1) is 29.3 Å². The van der Waals surface area contributed by atoms with Crippen molar-refractivity contribution in [1.29, 1.82) is 0 Å². The van der Waals surface area contributed by atoms with Crippen LogP contribution in [0.4, 0.5) is 24.7 Å². The Kier molecular flexibility index (Phi) is 11.2. The Balaban J connectivity index is 0.00000484. The molecule has 1 aromatic heterocycles. The van der Waals surface area contributed by atoms with Crippen molar-refractivity contribution in [2.45, 2.75) is 10.9 Å². The minimum atomic E-state index is -0.672. The highest BCUT2D eigenvalue weighted by Gasteiger charge is 2.20. The number of halogens is 4. The number of anilines is 2. The van der Waals surface area contributed by atoms with Crippen LogP contribution >= 0.6 is 11.8 Å². The van der Waals surface area contributed by atoms with Crippen molar-refractivity contribution < 1.29 is 51.1 Å². The Morgan fingerprint density at radius 3 is 2.17 bits per heavy atom. The van der Waals surface area contributed by atoms with Crippen LogP contribution in [0.3, 0.4) is 0 Å². The molecule has 1 heterocycles. The first kappa shape index (κ1) is 33.2. The van der Waals surface area contributed by atoms with E-state index in [1.54, 1.807) is 43.2 Å². The topological polar surface area (TPSA) is 39.5 Å². The number of ether oxygens (including phenoxy) is 2. The number of hydrogen-bond acceptors (Lipinski definition) is 5. The smallest absolute Gasteiger partial charge is 0.174 e. The maximum absolute atomic E-state index is 15.0. The fourth-order valence-corrected chi connectivity index (χ4v) is 5.00. The van der Waals surface area contributed by atoms with Gasteiger partial charge in [0.1, 0.15) is 29.8 Å². The van der Waals surface area contributed by atoms with Gasteiger partial charge in [-0.25, -0.2) is 18.2 Å². The quantitative estimate of drug-likeness (QED) is 0.116. The summed E-state index contributed by atoms with van der Waals surface area (Å²) in [5.41, 5.74) is 1.63. The van der Waals surface area contributed by atoms with Crippen molar-refractivity contribution in [3.8, 4) is 29.0 Å². The third-order valence-corrected chi connectivity index (χ3v) is 7.15. The van der Waals surface area contributed by atoms with E-state index >= 15 is 8.78 Å². The summed E-state index contributed by atoms with van der Waals surface area (Å²) in [5.74, 6) is 5.86. The number of benzene rings is 3. The Hall–Kier alpha value is -3.34. The zero-order valence-corrected chi connectivity index (χ0v) is 27.2. The molecule has 0 fully saturated rings. The van der Waals surface area contributed by atoms with Gasteiger partial charge in [-0.05, 0) is 54.5 Å². The summed E-state index contributed by atoms with van der Waals surface area (Å²) in [6, 6.07) is 13.9. The van der Waals surface area contributed by atoms with E-state index in [4.69, 9.17) is 9.47 Å². The molecular weight excluding hydrogens is 676 g/mol. The zero-order valence-electron chi connectivity index (χ0n) is 24.2. The van der Waals surface area contributed by atoms with Gasteiger partial charge in [0.05, 0.1) is 41.6 Å². The van der Waals surface area contributed by atoms with E-state index in [1.165, 1.54) is 36.0 Å². The Morgan fingerprint density at radius 1 is 0.929 bits per heavy atom. The fourth-order valence-electron chi connectivity index (χ4n) is 3.99. The van der Waals surface area contributed by atoms with Gasteiger partial charge in [-0.15, -0.1) is 0 Å². The normalized spacial score (nSPS) is 10.9. The van der Waals surface area contributed by atoms with Crippen molar-refractivity contribution in [3.63, 3.8) is 0 Å². The lowest BCUT2D eigenvalue weighted by Crippen LogP contribution is -3.00. The molecule has 4 aromatic rings. The van der Waals surface area contributed by atoms with Crippen LogP contribution < -0.4 is 38.4 Å². The highest BCUT2D eigenvalue weighted by atomic mass is 127. The molecule has 0 saturated heterocycles. The van der Waals surface area contributed by atoms with Crippen molar-refractivity contribution in [1.82, 2.24) is 9.55 Å². The second-order valence-corrected chi connectivity index (χ2v) is 11.2. The lowest BCUT2D eigenvalue weighted by molar-refractivity contribution is -0.862. The van der Waals surface area contributed by atoms with Crippen LogP contribution in [0.2, 0.25) is 0 Å². The van der Waals surface area contributed by atoms with Gasteiger partial charge in [0.15, 0.2) is 16.7 Å². The number of methoxy groups -OCH3 is 2. The first-order valence-corrected chi connectivity index (χ1v) is 13.7. The van der Waals surface area contributed by atoms with E-state index in [-0.39, 0.29) is 46.7 Å². The van der Waals surface area contributed by atoms with Gasteiger partial charge >= 0.3 is 0 Å². The first-order valence-electron chi connectivity index (χ1n) is 12.7. The van der Waals surface area contributed by atoms with Crippen LogP contribution in [0.15, 0.2) is 66.0 Å². The SMILES string of the molecule is COc1ccc(N(C)c2cnc(SCc3c(F)cc(C#CC[N+](C)(C)C)cc3F)n2-c2ccc(F)cc2)cc1OC.[I-]. The minimum Gasteiger partial charge on any atom is -1.00 e. The summed E-state index contributed by atoms with van der Waals surface area (Å²) in [6.45, 7) is 0.549. The van der Waals surface area contributed by atoms with Crippen LogP contribution in [-0.2, 0) is 5.75 Å². The monoisotopic (exact) mass is 708 g/mol. The number of hydrogen-bond donors (Lipinski definition) is 0. The van der Waals surface area contributed by atoms with E-state index in [0.717, 1.165) is 5.69 Å². The van der Waals surface area contributed by atoms with Crippen LogP contribution in [-0.4, -0.2) is 63.0 Å². The van der Waals surface area contributed by atoms with Crippen LogP contribution in [0.1, 0.15) is 11.1 Å². The molecule has 11 heteroatoms. The zero-order chi connectivity index (χ0) is 29.7. The molecule has 0 spiro atoms. The summed E-state index contributed by atoms with van der Waals surface area (Å²) < 4.78 is 57.0. The summed E-state index contributed by atoms with van der Waals surface area (Å²) in [4.78, 5) is 6.44. The number of imidazole rings is 1. The average Bonchev–Trinajstić information content (AvgIpc) is 3.35. The van der Waals surface area contributed by atoms with E-state index in [0.29, 0.717) is 39.2 Å². The van der Waals surface area contributed by atoms with Crippen LogP contribution in [0.5, 0.6) is 11.5 Å². The lowest BCUT2D eigenvalue weighted by atomic mass is 10.1. The molecule has 0 aliphatic rings. The minimum absolute atomic E-state index is 0. The average molecular weight is 709 g/mol. The van der Waals surface area contributed by atoms with Gasteiger partial charge in [-0.3, -0.25) is 4.57 Å². The van der Waals surface area contributed by atoms with Gasteiger partial charge in [0, 0.05) is 41.4 Å². The lowest BCUT2D eigenvalue weighted by Gasteiger charge is -2.23. The van der Waals surface area contributed by atoms with Gasteiger partial charge < -0.3 is 42.8 Å². The Labute approximate surface area is 266 Å². The molecule has 0 bridgehead atoms. The van der Waals surface area contributed by atoms with Gasteiger partial charge in [0.25, 0.3) is 0 Å². The highest BCUT2D eigenvalue weighted by Crippen LogP contribution is 2.37. The summed E-state index contributed by atoms with van der Waals surface area (Å²) in [5, 5.41) is 0.476. The molecule has 0 radical (unpaired) electrons. The number of thioether (sulfide) groups is 1. The molecular formula is C31H32F3IN4O2S. The third kappa shape index (κ3) is 7.93. The van der Waals surface area contributed by atoms with Gasteiger partial charge in [0.2, 0.25) is 0 Å². The molecule has 0 atom stereocenters. The molecule has 0 unspecified atom stereocenters. The van der Waals surface area contributed by atoms with E-state index in [2.05, 4.69) is 16.8 Å². The number of aromatic nitrogens is 2. The van der Waals surface area contributed by atoms with E-state index < -0.39 is 11.6 Å². The summed E-state index contributed by atoms with van der Waals surface area (Å²) >= 11 is 1.17. The summed E-state index contributed by atoms with van der Waals surface area (Å²) in [6.07, 6.45) is 1.65. The van der Waals surface area contributed by atoms with Crippen molar-refractivity contribution >= 4 is 23.3 Å². The molecule has 4 rings (SSSR count). The second-order valence-electron chi connectivity index (χ2n) is 10.3. The van der Waals surface area contributed by atoms with Gasteiger partial charge in [-0.1, -0.05) is 17.7 Å². The predicted molar refractivity (Wildman–Crippen MR) is 157 cm³/mol. The molecule has 0 saturated carbocycles. The van der Waals surface area contributed by atoms with E-state index in [9.17, 15) is 4.39 Å². The number of nitrogens with zero attached hydrogens (tertiary/aromatic N) is 4. The summed E-state index contributed by atoms with van der Waals surface area (Å²) in [7, 11) is 10.9. The predicted octanol–water partition coefficient (Wildman–Crippen LogP) is 3.43. The Morgan fingerprint density at radius 2 is 1.57 bits per heavy atom.